The van der Waals surface area contributed by atoms with Gasteiger partial charge in [-0.1, -0.05) is 12.1 Å². The molecular weight excluding hydrogens is 216 g/mol. The van der Waals surface area contributed by atoms with E-state index in [9.17, 15) is 5.11 Å². The molecule has 0 unspecified atom stereocenters. The summed E-state index contributed by atoms with van der Waals surface area (Å²) in [7, 11) is 3.38. The fourth-order valence-electron chi connectivity index (χ4n) is 2.51. The second-order valence-electron chi connectivity index (χ2n) is 4.70. The summed E-state index contributed by atoms with van der Waals surface area (Å²) in [5.74, 6) is 0.796. The van der Waals surface area contributed by atoms with Gasteiger partial charge in [-0.3, -0.25) is 0 Å². The standard InChI is InChI=1S/C14H20O3/c1-16-12-6-8-14(15,9-7-12)11-4-3-5-13(10-11)17-2/h3-5,10,12,15H,6-9H2,1-2H3. The zero-order valence-corrected chi connectivity index (χ0v) is 10.5. The molecule has 0 bridgehead atoms. The molecule has 0 atom stereocenters. The lowest BCUT2D eigenvalue weighted by atomic mass is 9.78. The van der Waals surface area contributed by atoms with Gasteiger partial charge < -0.3 is 14.6 Å². The van der Waals surface area contributed by atoms with Crippen LogP contribution in [0.5, 0.6) is 5.75 Å². The number of methoxy groups -OCH3 is 2. The van der Waals surface area contributed by atoms with Crippen LogP contribution in [-0.4, -0.2) is 25.4 Å². The largest absolute Gasteiger partial charge is 0.497 e. The quantitative estimate of drug-likeness (QED) is 0.876. The summed E-state index contributed by atoms with van der Waals surface area (Å²) in [6.07, 6.45) is 3.60. The van der Waals surface area contributed by atoms with E-state index in [0.717, 1.165) is 37.0 Å². The van der Waals surface area contributed by atoms with E-state index in [0.29, 0.717) is 6.10 Å². The van der Waals surface area contributed by atoms with Crippen molar-refractivity contribution in [2.45, 2.75) is 37.4 Å². The van der Waals surface area contributed by atoms with Gasteiger partial charge in [0.2, 0.25) is 0 Å². The Labute approximate surface area is 102 Å². The molecule has 1 aromatic carbocycles. The summed E-state index contributed by atoms with van der Waals surface area (Å²) in [4.78, 5) is 0. The average Bonchev–Trinajstić information content (AvgIpc) is 2.40. The molecule has 17 heavy (non-hydrogen) atoms. The summed E-state index contributed by atoms with van der Waals surface area (Å²) >= 11 is 0. The van der Waals surface area contributed by atoms with Gasteiger partial charge in [0, 0.05) is 7.11 Å². The fourth-order valence-corrected chi connectivity index (χ4v) is 2.51. The zero-order valence-electron chi connectivity index (χ0n) is 10.5. The molecule has 1 aromatic rings. The number of hydrogen-bond acceptors (Lipinski definition) is 3. The van der Waals surface area contributed by atoms with Crippen LogP contribution in [0.15, 0.2) is 24.3 Å². The lowest BCUT2D eigenvalue weighted by Gasteiger charge is -2.36. The van der Waals surface area contributed by atoms with Gasteiger partial charge >= 0.3 is 0 Å². The van der Waals surface area contributed by atoms with Crippen LogP contribution in [0.3, 0.4) is 0 Å². The lowest BCUT2D eigenvalue weighted by molar-refractivity contribution is -0.0475. The molecule has 0 radical (unpaired) electrons. The highest BCUT2D eigenvalue weighted by Crippen LogP contribution is 2.38. The molecule has 0 aliphatic heterocycles. The van der Waals surface area contributed by atoms with Crippen LogP contribution in [0.2, 0.25) is 0 Å². The SMILES string of the molecule is COc1cccc(C2(O)CCC(OC)CC2)c1. The Morgan fingerprint density at radius 2 is 1.94 bits per heavy atom. The zero-order chi connectivity index (χ0) is 12.3. The summed E-state index contributed by atoms with van der Waals surface area (Å²) in [5, 5.41) is 10.7. The predicted octanol–water partition coefficient (Wildman–Crippen LogP) is 2.47. The third kappa shape index (κ3) is 2.61. The molecule has 0 saturated heterocycles. The van der Waals surface area contributed by atoms with Crippen molar-refractivity contribution in [3.63, 3.8) is 0 Å². The normalized spacial score (nSPS) is 29.0. The van der Waals surface area contributed by atoms with Gasteiger partial charge in [0.05, 0.1) is 18.8 Å². The molecule has 0 spiro atoms. The minimum atomic E-state index is -0.719. The molecule has 0 heterocycles. The van der Waals surface area contributed by atoms with Crippen molar-refractivity contribution in [1.82, 2.24) is 0 Å². The summed E-state index contributed by atoms with van der Waals surface area (Å²) in [6.45, 7) is 0. The van der Waals surface area contributed by atoms with E-state index in [1.165, 1.54) is 0 Å². The monoisotopic (exact) mass is 236 g/mol. The molecular formula is C14H20O3. The minimum Gasteiger partial charge on any atom is -0.497 e. The average molecular weight is 236 g/mol. The maximum Gasteiger partial charge on any atom is 0.119 e. The number of hydrogen-bond donors (Lipinski definition) is 1. The van der Waals surface area contributed by atoms with Gasteiger partial charge in [0.15, 0.2) is 0 Å². The number of ether oxygens (including phenoxy) is 2. The molecule has 0 aromatic heterocycles. The maximum absolute atomic E-state index is 10.7. The van der Waals surface area contributed by atoms with Crippen LogP contribution in [0.4, 0.5) is 0 Å². The highest BCUT2D eigenvalue weighted by Gasteiger charge is 2.34. The first-order valence-corrected chi connectivity index (χ1v) is 6.07. The van der Waals surface area contributed by atoms with Gasteiger partial charge in [0.1, 0.15) is 5.75 Å². The van der Waals surface area contributed by atoms with Crippen LogP contribution < -0.4 is 4.74 Å². The Kier molecular flexibility index (Phi) is 3.69. The Hall–Kier alpha value is -1.06. The van der Waals surface area contributed by atoms with Gasteiger partial charge in [-0.15, -0.1) is 0 Å². The molecule has 0 amide bonds. The third-order valence-corrected chi connectivity index (χ3v) is 3.70. The Morgan fingerprint density at radius 1 is 1.24 bits per heavy atom. The molecule has 1 fully saturated rings. The van der Waals surface area contributed by atoms with Crippen LogP contribution in [0, 0.1) is 0 Å². The first-order valence-electron chi connectivity index (χ1n) is 6.07. The Morgan fingerprint density at radius 3 is 2.53 bits per heavy atom. The fraction of sp³-hybridized carbons (Fsp3) is 0.571. The highest BCUT2D eigenvalue weighted by atomic mass is 16.5. The third-order valence-electron chi connectivity index (χ3n) is 3.70. The molecule has 1 N–H and O–H groups in total. The van der Waals surface area contributed by atoms with E-state index < -0.39 is 5.60 Å². The number of rotatable bonds is 3. The minimum absolute atomic E-state index is 0.292. The molecule has 3 nitrogen and oxygen atoms in total. The van der Waals surface area contributed by atoms with E-state index in [1.54, 1.807) is 14.2 Å². The maximum atomic E-state index is 10.7. The van der Waals surface area contributed by atoms with Crippen molar-refractivity contribution < 1.29 is 14.6 Å². The molecule has 94 valence electrons. The van der Waals surface area contributed by atoms with Crippen molar-refractivity contribution in [3.05, 3.63) is 29.8 Å². The smallest absolute Gasteiger partial charge is 0.119 e. The van der Waals surface area contributed by atoms with Crippen LogP contribution in [0.1, 0.15) is 31.2 Å². The molecule has 1 aliphatic rings. The lowest BCUT2D eigenvalue weighted by Crippen LogP contribution is -2.33. The van der Waals surface area contributed by atoms with E-state index in [1.807, 2.05) is 24.3 Å². The van der Waals surface area contributed by atoms with Crippen LogP contribution in [0.25, 0.3) is 0 Å². The van der Waals surface area contributed by atoms with E-state index in [2.05, 4.69) is 0 Å². The van der Waals surface area contributed by atoms with Crippen LogP contribution in [-0.2, 0) is 10.3 Å². The first-order chi connectivity index (χ1) is 8.18. The van der Waals surface area contributed by atoms with Gasteiger partial charge in [0.25, 0.3) is 0 Å². The Balaban J connectivity index is 2.15. The molecule has 2 rings (SSSR count). The number of benzene rings is 1. The van der Waals surface area contributed by atoms with E-state index in [-0.39, 0.29) is 0 Å². The summed E-state index contributed by atoms with van der Waals surface area (Å²) in [6, 6.07) is 7.71. The number of aliphatic hydroxyl groups is 1. The topological polar surface area (TPSA) is 38.7 Å². The van der Waals surface area contributed by atoms with Crippen molar-refractivity contribution in [2.75, 3.05) is 14.2 Å². The highest BCUT2D eigenvalue weighted by molar-refractivity contribution is 5.32. The molecule has 1 aliphatic carbocycles. The summed E-state index contributed by atoms with van der Waals surface area (Å²) < 4.78 is 10.5. The van der Waals surface area contributed by atoms with Crippen molar-refractivity contribution in [2.24, 2.45) is 0 Å². The van der Waals surface area contributed by atoms with Gasteiger partial charge in [-0.25, -0.2) is 0 Å². The van der Waals surface area contributed by atoms with Gasteiger partial charge in [-0.2, -0.15) is 0 Å². The second kappa shape index (κ2) is 5.07. The van der Waals surface area contributed by atoms with Crippen LogP contribution >= 0.6 is 0 Å². The van der Waals surface area contributed by atoms with Crippen molar-refractivity contribution in [3.8, 4) is 5.75 Å². The second-order valence-corrected chi connectivity index (χ2v) is 4.70. The summed E-state index contributed by atoms with van der Waals surface area (Å²) in [5.41, 5.74) is 0.232. The van der Waals surface area contributed by atoms with E-state index in [4.69, 9.17) is 9.47 Å². The van der Waals surface area contributed by atoms with Crippen molar-refractivity contribution in [1.29, 1.82) is 0 Å². The van der Waals surface area contributed by atoms with Crippen molar-refractivity contribution >= 4 is 0 Å². The predicted molar refractivity (Wildman–Crippen MR) is 66.2 cm³/mol. The molecule has 1 saturated carbocycles. The Bertz CT molecular complexity index is 367. The van der Waals surface area contributed by atoms with Gasteiger partial charge in [-0.05, 0) is 43.4 Å². The molecule has 3 heteroatoms. The van der Waals surface area contributed by atoms with E-state index >= 15 is 0 Å². The first kappa shape index (κ1) is 12.4.